The van der Waals surface area contributed by atoms with Crippen molar-refractivity contribution in [2.45, 2.75) is 64.6 Å². The zero-order valence-corrected chi connectivity index (χ0v) is 13.5. The molecule has 21 heavy (non-hydrogen) atoms. The van der Waals surface area contributed by atoms with E-state index in [4.69, 9.17) is 9.47 Å². The van der Waals surface area contributed by atoms with Gasteiger partial charge in [-0.3, -0.25) is 0 Å². The predicted molar refractivity (Wildman–Crippen MR) is 84.9 cm³/mol. The average molecular weight is 292 g/mol. The van der Waals surface area contributed by atoms with E-state index in [0.29, 0.717) is 6.61 Å². The Morgan fingerprint density at radius 2 is 2.05 bits per heavy atom. The Bertz CT molecular complexity index is 452. The van der Waals surface area contributed by atoms with Gasteiger partial charge in [0, 0.05) is 13.0 Å². The van der Waals surface area contributed by atoms with Crippen LogP contribution in [0.3, 0.4) is 0 Å². The second-order valence-corrected chi connectivity index (χ2v) is 5.80. The van der Waals surface area contributed by atoms with Crippen LogP contribution in [0, 0.1) is 0 Å². The molecule has 1 aliphatic rings. The molecule has 1 aromatic rings. The number of aliphatic hydroxyl groups excluding tert-OH is 1. The number of benzene rings is 1. The molecular weight excluding hydrogens is 264 g/mol. The first-order valence-corrected chi connectivity index (χ1v) is 8.21. The van der Waals surface area contributed by atoms with E-state index in [0.717, 1.165) is 44.5 Å². The summed E-state index contributed by atoms with van der Waals surface area (Å²) < 4.78 is 11.4. The van der Waals surface area contributed by atoms with Crippen molar-refractivity contribution >= 4 is 0 Å². The minimum absolute atomic E-state index is 0.394. The predicted octanol–water partition coefficient (Wildman–Crippen LogP) is 3.51. The molecule has 0 aliphatic carbocycles. The summed E-state index contributed by atoms with van der Waals surface area (Å²) in [6.07, 6.45) is 3.88. The first-order chi connectivity index (χ1) is 10.1. The lowest BCUT2D eigenvalue weighted by Gasteiger charge is -2.36. The van der Waals surface area contributed by atoms with Crippen molar-refractivity contribution < 1.29 is 14.6 Å². The first kappa shape index (κ1) is 16.3. The van der Waals surface area contributed by atoms with Gasteiger partial charge in [0.2, 0.25) is 0 Å². The van der Waals surface area contributed by atoms with Crippen LogP contribution in [-0.2, 0) is 17.6 Å². The van der Waals surface area contributed by atoms with Gasteiger partial charge in [0.05, 0.1) is 18.3 Å². The summed E-state index contributed by atoms with van der Waals surface area (Å²) in [7, 11) is 0. The Morgan fingerprint density at radius 1 is 1.29 bits per heavy atom. The Balaban J connectivity index is 1.98. The van der Waals surface area contributed by atoms with Gasteiger partial charge in [0.15, 0.2) is 0 Å². The molecule has 1 unspecified atom stereocenters. The van der Waals surface area contributed by atoms with Crippen molar-refractivity contribution in [1.82, 2.24) is 0 Å². The summed E-state index contributed by atoms with van der Waals surface area (Å²) in [5, 5.41) is 10.6. The van der Waals surface area contributed by atoms with Gasteiger partial charge in [0.1, 0.15) is 5.75 Å². The summed E-state index contributed by atoms with van der Waals surface area (Å²) in [4.78, 5) is 0. The molecule has 0 fully saturated rings. The molecule has 1 aromatic carbocycles. The molecule has 3 nitrogen and oxygen atoms in total. The summed E-state index contributed by atoms with van der Waals surface area (Å²) in [5.74, 6) is 1.02. The van der Waals surface area contributed by atoms with E-state index in [2.05, 4.69) is 32.0 Å². The van der Waals surface area contributed by atoms with E-state index in [-0.39, 0.29) is 0 Å². The maximum atomic E-state index is 10.6. The van der Waals surface area contributed by atoms with Crippen molar-refractivity contribution in [2.24, 2.45) is 0 Å². The number of hydrogen-bond acceptors (Lipinski definition) is 3. The normalized spacial score (nSPS) is 15.6. The minimum Gasteiger partial charge on any atom is -0.493 e. The van der Waals surface area contributed by atoms with Crippen LogP contribution >= 0.6 is 0 Å². The summed E-state index contributed by atoms with van der Waals surface area (Å²) in [6, 6.07) is 6.38. The molecule has 1 atom stereocenters. The highest BCUT2D eigenvalue weighted by molar-refractivity contribution is 5.39. The molecule has 1 aliphatic heterocycles. The van der Waals surface area contributed by atoms with Gasteiger partial charge in [-0.15, -0.1) is 0 Å². The lowest BCUT2D eigenvalue weighted by Crippen LogP contribution is -2.44. The zero-order valence-electron chi connectivity index (χ0n) is 13.5. The highest BCUT2D eigenvalue weighted by Crippen LogP contribution is 2.29. The van der Waals surface area contributed by atoms with Crippen LogP contribution in [0.2, 0.25) is 0 Å². The molecule has 3 heteroatoms. The minimum atomic E-state index is -0.419. The van der Waals surface area contributed by atoms with E-state index in [1.807, 2.05) is 6.92 Å². The van der Waals surface area contributed by atoms with Crippen molar-refractivity contribution in [3.63, 3.8) is 0 Å². The smallest absolute Gasteiger partial charge is 0.122 e. The molecule has 0 aromatic heterocycles. The van der Waals surface area contributed by atoms with Crippen LogP contribution in [-0.4, -0.2) is 30.0 Å². The standard InChI is InChI=1S/C18H28O3/c1-4-18(5-2,21-6-3)17(19)10-8-14-7-9-16-15(13-14)11-12-20-16/h7,9,13,17,19H,4-6,8,10-12H2,1-3H3. The second-order valence-electron chi connectivity index (χ2n) is 5.80. The molecule has 118 valence electrons. The van der Waals surface area contributed by atoms with Gasteiger partial charge in [0.25, 0.3) is 0 Å². The number of rotatable bonds is 8. The number of fused-ring (bicyclic) bond motifs is 1. The molecule has 0 bridgehead atoms. The Morgan fingerprint density at radius 3 is 2.71 bits per heavy atom. The molecule has 0 saturated carbocycles. The molecule has 1 heterocycles. The van der Waals surface area contributed by atoms with E-state index < -0.39 is 11.7 Å². The number of ether oxygens (including phenoxy) is 2. The Labute approximate surface area is 128 Å². The van der Waals surface area contributed by atoms with Gasteiger partial charge >= 0.3 is 0 Å². The molecule has 0 saturated heterocycles. The van der Waals surface area contributed by atoms with Gasteiger partial charge in [-0.2, -0.15) is 0 Å². The van der Waals surface area contributed by atoms with Gasteiger partial charge in [-0.25, -0.2) is 0 Å². The lowest BCUT2D eigenvalue weighted by atomic mass is 9.86. The van der Waals surface area contributed by atoms with Crippen molar-refractivity contribution in [1.29, 1.82) is 0 Å². The Hall–Kier alpha value is -1.06. The maximum Gasteiger partial charge on any atom is 0.122 e. The van der Waals surface area contributed by atoms with E-state index in [1.54, 1.807) is 0 Å². The monoisotopic (exact) mass is 292 g/mol. The van der Waals surface area contributed by atoms with Crippen molar-refractivity contribution in [2.75, 3.05) is 13.2 Å². The molecular formula is C18H28O3. The molecule has 0 radical (unpaired) electrons. The fourth-order valence-electron chi connectivity index (χ4n) is 3.27. The second kappa shape index (κ2) is 7.28. The van der Waals surface area contributed by atoms with E-state index in [9.17, 15) is 5.11 Å². The van der Waals surface area contributed by atoms with Gasteiger partial charge in [-0.1, -0.05) is 26.0 Å². The van der Waals surface area contributed by atoms with Crippen LogP contribution in [0.1, 0.15) is 51.2 Å². The molecule has 0 spiro atoms. The highest BCUT2D eigenvalue weighted by atomic mass is 16.5. The average Bonchev–Trinajstić information content (AvgIpc) is 2.98. The Kier molecular flexibility index (Phi) is 5.65. The van der Waals surface area contributed by atoms with Crippen LogP contribution in [0.15, 0.2) is 18.2 Å². The highest BCUT2D eigenvalue weighted by Gasteiger charge is 2.34. The fourth-order valence-corrected chi connectivity index (χ4v) is 3.27. The first-order valence-electron chi connectivity index (χ1n) is 8.21. The fraction of sp³-hybridized carbons (Fsp3) is 0.667. The molecule has 2 rings (SSSR count). The maximum absolute atomic E-state index is 10.6. The number of aryl methyl sites for hydroxylation is 1. The van der Waals surface area contributed by atoms with Gasteiger partial charge in [-0.05, 0) is 49.8 Å². The molecule has 0 amide bonds. The molecule has 1 N–H and O–H groups in total. The van der Waals surface area contributed by atoms with Crippen molar-refractivity contribution in [3.05, 3.63) is 29.3 Å². The van der Waals surface area contributed by atoms with E-state index >= 15 is 0 Å². The van der Waals surface area contributed by atoms with E-state index in [1.165, 1.54) is 11.1 Å². The van der Waals surface area contributed by atoms with Crippen molar-refractivity contribution in [3.8, 4) is 5.75 Å². The van der Waals surface area contributed by atoms with Crippen LogP contribution in [0.4, 0.5) is 0 Å². The van der Waals surface area contributed by atoms with Gasteiger partial charge < -0.3 is 14.6 Å². The summed E-state index contributed by atoms with van der Waals surface area (Å²) in [6.45, 7) is 7.62. The lowest BCUT2D eigenvalue weighted by molar-refractivity contribution is -0.127. The number of aliphatic hydroxyl groups is 1. The third-order valence-electron chi connectivity index (χ3n) is 4.70. The summed E-state index contributed by atoms with van der Waals surface area (Å²) >= 11 is 0. The number of hydrogen-bond donors (Lipinski definition) is 1. The van der Waals surface area contributed by atoms with Crippen LogP contribution in [0.5, 0.6) is 5.75 Å². The summed E-state index contributed by atoms with van der Waals surface area (Å²) in [5.41, 5.74) is 2.18. The largest absolute Gasteiger partial charge is 0.493 e. The quantitative estimate of drug-likeness (QED) is 0.797. The third kappa shape index (κ3) is 3.58. The van der Waals surface area contributed by atoms with Crippen LogP contribution in [0.25, 0.3) is 0 Å². The third-order valence-corrected chi connectivity index (χ3v) is 4.70. The SMILES string of the molecule is CCOC(CC)(CC)C(O)CCc1ccc2c(c1)CCO2. The topological polar surface area (TPSA) is 38.7 Å². The van der Waals surface area contributed by atoms with Crippen LogP contribution < -0.4 is 4.74 Å². The zero-order chi connectivity index (χ0) is 15.3.